The van der Waals surface area contributed by atoms with Crippen LogP contribution in [-0.2, 0) is 11.0 Å². The van der Waals surface area contributed by atoms with E-state index >= 15 is 0 Å². The van der Waals surface area contributed by atoms with E-state index < -0.39 is 30.8 Å². The van der Waals surface area contributed by atoms with Crippen LogP contribution < -0.4 is 0 Å². The van der Waals surface area contributed by atoms with Crippen LogP contribution in [0.2, 0.25) is 0 Å². The molecule has 0 bridgehead atoms. The Hall–Kier alpha value is 0.180. The topological polar surface area (TPSA) is 42.3 Å². The average molecular weight is 471 g/mol. The summed E-state index contributed by atoms with van der Waals surface area (Å²) in [6, 6.07) is 4.01. The van der Waals surface area contributed by atoms with Gasteiger partial charge in [-0.2, -0.15) is 0 Å². The molecule has 2 heterocycles. The third-order valence-corrected chi connectivity index (χ3v) is 11.5. The predicted molar refractivity (Wildman–Crippen MR) is 99.4 cm³/mol. The Morgan fingerprint density at radius 3 is 2.60 bits per heavy atom. The van der Waals surface area contributed by atoms with E-state index in [-0.39, 0.29) is 4.75 Å². The summed E-state index contributed by atoms with van der Waals surface area (Å²) in [6.07, 6.45) is 4.40. The maximum absolute atomic E-state index is 12.4. The van der Waals surface area contributed by atoms with Crippen LogP contribution in [0.15, 0.2) is 27.3 Å². The molecule has 112 valence electrons. The second kappa shape index (κ2) is 6.96. The zero-order chi connectivity index (χ0) is 14.8. The van der Waals surface area contributed by atoms with Crippen molar-refractivity contribution in [3.05, 3.63) is 28.5 Å². The molecule has 6 heteroatoms. The van der Waals surface area contributed by atoms with Gasteiger partial charge in [-0.15, -0.1) is 0 Å². The van der Waals surface area contributed by atoms with Crippen LogP contribution in [0.1, 0.15) is 39.2 Å². The molecule has 0 radical (unpaired) electrons. The van der Waals surface area contributed by atoms with E-state index in [0.717, 1.165) is 13.9 Å². The van der Waals surface area contributed by atoms with Crippen molar-refractivity contribution in [3.8, 4) is 0 Å². The van der Waals surface area contributed by atoms with E-state index in [1.54, 1.807) is 6.20 Å². The minimum atomic E-state index is -1.25. The first-order chi connectivity index (χ1) is 9.38. The molecule has 0 unspecified atom stereocenters. The first kappa shape index (κ1) is 16.5. The third kappa shape index (κ3) is 4.34. The molecule has 0 aliphatic carbocycles. The number of hydrogen-bond acceptors (Lipinski definition) is 2. The van der Waals surface area contributed by atoms with E-state index in [9.17, 15) is 4.21 Å². The van der Waals surface area contributed by atoms with E-state index in [0.29, 0.717) is 0 Å². The molecule has 2 rings (SSSR count). The fraction of sp³-hybridized carbons (Fsp3) is 0.571. The number of halogens is 2. The zero-order valence-electron chi connectivity index (χ0n) is 12.0. The third-order valence-electron chi connectivity index (χ3n) is 2.88. The summed E-state index contributed by atoms with van der Waals surface area (Å²) in [5, 5.41) is 0. The molecule has 0 amide bonds. The van der Waals surface area contributed by atoms with Crippen molar-refractivity contribution in [2.75, 3.05) is 8.86 Å². The molecule has 0 spiro atoms. The summed E-state index contributed by atoms with van der Waals surface area (Å²) in [5.41, 5.74) is 1.11. The summed E-state index contributed by atoms with van der Waals surface area (Å²) in [7, 11) is -1.18. The van der Waals surface area contributed by atoms with Gasteiger partial charge in [-0.1, -0.05) is 0 Å². The first-order valence-electron chi connectivity index (χ1n) is 6.62. The minimum absolute atomic E-state index is 0.300. The number of aromatic nitrogens is 1. The molecule has 1 saturated heterocycles. The van der Waals surface area contributed by atoms with Gasteiger partial charge in [-0.25, -0.2) is 0 Å². The van der Waals surface area contributed by atoms with Crippen molar-refractivity contribution in [2.24, 2.45) is 4.40 Å². The van der Waals surface area contributed by atoms with Gasteiger partial charge in [0, 0.05) is 0 Å². The van der Waals surface area contributed by atoms with Crippen LogP contribution in [0.3, 0.4) is 0 Å². The van der Waals surface area contributed by atoms with Crippen LogP contribution in [0.25, 0.3) is 0 Å². The van der Waals surface area contributed by atoms with Gasteiger partial charge < -0.3 is 0 Å². The average Bonchev–Trinajstić information content (AvgIpc) is 2.88. The zero-order valence-corrected chi connectivity index (χ0v) is 16.6. The molecule has 1 fully saturated rings. The van der Waals surface area contributed by atoms with Crippen LogP contribution in [0.4, 0.5) is 0 Å². The summed E-state index contributed by atoms with van der Waals surface area (Å²) in [6.45, 7) is 5.93. The summed E-state index contributed by atoms with van der Waals surface area (Å²) >= 11 is 2.17. The van der Waals surface area contributed by atoms with Crippen LogP contribution in [-0.4, -0.2) is 26.5 Å². The second-order valence-electron chi connectivity index (χ2n) is 5.65. The predicted octanol–water partition coefficient (Wildman–Crippen LogP) is 4.35. The SMILES string of the molecule is CC(C)(C)[S@](=O)N=C(c1ccnc(Br)c1)I1CCCC1. The Morgan fingerprint density at radius 1 is 1.40 bits per heavy atom. The molecule has 0 aromatic carbocycles. The summed E-state index contributed by atoms with van der Waals surface area (Å²) in [5.74, 6) is 0. The van der Waals surface area contributed by atoms with Crippen molar-refractivity contribution in [1.29, 1.82) is 0 Å². The van der Waals surface area contributed by atoms with E-state index in [4.69, 9.17) is 0 Å². The van der Waals surface area contributed by atoms with Gasteiger partial charge in [-0.3, -0.25) is 0 Å². The van der Waals surface area contributed by atoms with Gasteiger partial charge in [-0.05, 0) is 0 Å². The molecular weight excluding hydrogens is 451 g/mol. The number of alkyl halides is 2. The van der Waals surface area contributed by atoms with Gasteiger partial charge in [0.05, 0.1) is 0 Å². The Bertz CT molecular complexity index is 536. The monoisotopic (exact) mass is 470 g/mol. The van der Waals surface area contributed by atoms with Crippen molar-refractivity contribution in [3.63, 3.8) is 0 Å². The molecule has 1 atom stereocenters. The summed E-state index contributed by atoms with van der Waals surface area (Å²) < 4.78 is 21.3. The Morgan fingerprint density at radius 2 is 2.05 bits per heavy atom. The molecule has 3 nitrogen and oxygen atoms in total. The Balaban J connectivity index is 2.39. The van der Waals surface area contributed by atoms with Crippen molar-refractivity contribution < 1.29 is 4.21 Å². The van der Waals surface area contributed by atoms with Crippen molar-refractivity contribution in [2.45, 2.75) is 38.4 Å². The van der Waals surface area contributed by atoms with Gasteiger partial charge >= 0.3 is 140 Å². The first-order valence-corrected chi connectivity index (χ1v) is 12.7. The second-order valence-corrected chi connectivity index (χ2v) is 14.2. The van der Waals surface area contributed by atoms with Crippen molar-refractivity contribution in [1.82, 2.24) is 4.98 Å². The Labute approximate surface area is 139 Å². The number of hydrogen-bond donors (Lipinski definition) is 0. The van der Waals surface area contributed by atoms with Gasteiger partial charge in [0.2, 0.25) is 0 Å². The molecule has 1 aromatic heterocycles. The number of nitrogens with zero attached hydrogens (tertiary/aromatic N) is 2. The van der Waals surface area contributed by atoms with E-state index in [1.165, 1.54) is 21.7 Å². The van der Waals surface area contributed by atoms with E-state index in [2.05, 4.69) is 25.3 Å². The van der Waals surface area contributed by atoms with Gasteiger partial charge in [0.15, 0.2) is 0 Å². The maximum atomic E-state index is 12.4. The molecule has 0 N–H and O–H groups in total. The molecular formula is C14H20BrIN2OS. The fourth-order valence-electron chi connectivity index (χ4n) is 1.78. The fourth-order valence-corrected chi connectivity index (χ4v) is 9.84. The van der Waals surface area contributed by atoms with Crippen LogP contribution >= 0.6 is 35.7 Å². The van der Waals surface area contributed by atoms with Crippen LogP contribution in [0, 0.1) is 0 Å². The normalized spacial score (nSPS) is 20.2. The molecule has 20 heavy (non-hydrogen) atoms. The standard InChI is InChI=1S/C14H20BrIN2OS/c1-14(2,3)20(19)18-13(16-7-4-5-8-16)11-6-9-17-12(15)10-11/h6,9-10H,4-5,7-8H2,1-3H3/t20-/m0/s1. The van der Waals surface area contributed by atoms with Crippen LogP contribution in [0.5, 0.6) is 0 Å². The number of rotatable bonds is 3. The Kier molecular flexibility index (Phi) is 5.76. The summed E-state index contributed by atoms with van der Waals surface area (Å²) in [4.78, 5) is 4.18. The van der Waals surface area contributed by atoms with Gasteiger partial charge in [0.1, 0.15) is 0 Å². The number of pyridine rings is 1. The molecule has 1 aromatic rings. The molecule has 0 saturated carbocycles. The molecule has 1 aliphatic heterocycles. The van der Waals surface area contributed by atoms with E-state index in [1.807, 2.05) is 32.9 Å². The quantitative estimate of drug-likeness (QED) is 0.285. The molecule has 1 aliphatic rings. The van der Waals surface area contributed by atoms with Crippen molar-refractivity contribution >= 4 is 50.5 Å². The van der Waals surface area contributed by atoms with Gasteiger partial charge in [0.25, 0.3) is 0 Å².